The van der Waals surface area contributed by atoms with Gasteiger partial charge < -0.3 is 4.74 Å². The molecule has 0 atom stereocenters. The molecule has 0 aliphatic carbocycles. The zero-order chi connectivity index (χ0) is 11.8. The summed E-state index contributed by atoms with van der Waals surface area (Å²) < 4.78 is 4.51. The largest absolute Gasteiger partial charge is 0.465 e. The predicted octanol–water partition coefficient (Wildman–Crippen LogP) is 2.10. The molecule has 0 aliphatic heterocycles. The van der Waals surface area contributed by atoms with Crippen molar-refractivity contribution in [2.24, 2.45) is 0 Å². The third-order valence-corrected chi connectivity index (χ3v) is 1.61. The van der Waals surface area contributed by atoms with E-state index in [1.54, 1.807) is 0 Å². The molecule has 0 saturated heterocycles. The van der Waals surface area contributed by atoms with Crippen LogP contribution >= 0.6 is 0 Å². The lowest BCUT2D eigenvalue weighted by Gasteiger charge is -2.02. The molecular formula is C11H15NO3. The van der Waals surface area contributed by atoms with Crippen molar-refractivity contribution < 1.29 is 14.3 Å². The highest BCUT2D eigenvalue weighted by Gasteiger charge is 2.13. The van der Waals surface area contributed by atoms with Crippen molar-refractivity contribution in [2.45, 2.75) is 20.8 Å². The van der Waals surface area contributed by atoms with Gasteiger partial charge in [-0.1, -0.05) is 13.8 Å². The number of hydrogen-bond acceptors (Lipinski definition) is 4. The van der Waals surface area contributed by atoms with Crippen molar-refractivity contribution in [1.82, 2.24) is 4.98 Å². The highest BCUT2D eigenvalue weighted by atomic mass is 16.5. The average Bonchev–Trinajstić information content (AvgIpc) is 2.30. The van der Waals surface area contributed by atoms with Crippen LogP contribution in [-0.4, -0.2) is 23.8 Å². The van der Waals surface area contributed by atoms with Crippen molar-refractivity contribution in [3.8, 4) is 0 Å². The number of ether oxygens (including phenoxy) is 1. The Labute approximate surface area is 89.3 Å². The van der Waals surface area contributed by atoms with Crippen LogP contribution in [-0.2, 0) is 4.74 Å². The van der Waals surface area contributed by atoms with Crippen LogP contribution in [0.15, 0.2) is 18.5 Å². The Morgan fingerprint density at radius 2 is 1.87 bits per heavy atom. The molecule has 1 heterocycles. The molecule has 4 nitrogen and oxygen atoms in total. The van der Waals surface area contributed by atoms with Crippen LogP contribution in [0.25, 0.3) is 0 Å². The third kappa shape index (κ3) is 3.50. The van der Waals surface area contributed by atoms with Gasteiger partial charge in [0.1, 0.15) is 0 Å². The Kier molecular flexibility index (Phi) is 5.94. The molecule has 0 unspecified atom stereocenters. The normalized spacial score (nSPS) is 8.53. The first-order chi connectivity index (χ1) is 7.16. The molecule has 0 N–H and O–H groups in total. The molecule has 1 rings (SSSR count). The predicted molar refractivity (Wildman–Crippen MR) is 56.9 cm³/mol. The molecule has 4 heteroatoms. The van der Waals surface area contributed by atoms with Crippen LogP contribution in [0.1, 0.15) is 41.5 Å². The maximum Gasteiger partial charge on any atom is 0.338 e. The second-order valence-electron chi connectivity index (χ2n) is 2.47. The van der Waals surface area contributed by atoms with Crippen LogP contribution in [0, 0.1) is 0 Å². The number of ketones is 1. The molecule has 0 amide bonds. The number of rotatable bonds is 2. The maximum absolute atomic E-state index is 11.1. The molecule has 0 radical (unpaired) electrons. The zero-order valence-electron chi connectivity index (χ0n) is 9.40. The van der Waals surface area contributed by atoms with Gasteiger partial charge in [-0.3, -0.25) is 9.78 Å². The standard InChI is InChI=1S/C9H9NO3.C2H6/c1-6(11)8-5-10-4-3-7(8)9(12)13-2;1-2/h3-5H,1-2H3;1-2H3. The van der Waals surface area contributed by atoms with Gasteiger partial charge in [0, 0.05) is 12.4 Å². The summed E-state index contributed by atoms with van der Waals surface area (Å²) in [6.45, 7) is 5.38. The van der Waals surface area contributed by atoms with Crippen molar-refractivity contribution in [1.29, 1.82) is 0 Å². The van der Waals surface area contributed by atoms with E-state index in [0.29, 0.717) is 0 Å². The molecule has 15 heavy (non-hydrogen) atoms. The molecule has 0 bridgehead atoms. The van der Waals surface area contributed by atoms with Gasteiger partial charge in [-0.05, 0) is 13.0 Å². The summed E-state index contributed by atoms with van der Waals surface area (Å²) >= 11 is 0. The van der Waals surface area contributed by atoms with E-state index in [0.717, 1.165) is 0 Å². The van der Waals surface area contributed by atoms with Crippen LogP contribution in [0.3, 0.4) is 0 Å². The summed E-state index contributed by atoms with van der Waals surface area (Å²) in [5.74, 6) is -0.721. The smallest absolute Gasteiger partial charge is 0.338 e. The van der Waals surface area contributed by atoms with E-state index in [1.807, 2.05) is 13.8 Å². The van der Waals surface area contributed by atoms with Crippen LogP contribution in [0.2, 0.25) is 0 Å². The summed E-state index contributed by atoms with van der Waals surface area (Å²) in [4.78, 5) is 25.9. The minimum Gasteiger partial charge on any atom is -0.465 e. The number of hydrogen-bond donors (Lipinski definition) is 0. The minimum absolute atomic E-state index is 0.200. The molecule has 0 fully saturated rings. The first-order valence-electron chi connectivity index (χ1n) is 4.70. The van der Waals surface area contributed by atoms with Gasteiger partial charge in [0.25, 0.3) is 0 Å². The van der Waals surface area contributed by atoms with Gasteiger partial charge in [-0.25, -0.2) is 4.79 Å². The molecule has 1 aromatic rings. The van der Waals surface area contributed by atoms with Gasteiger partial charge in [0.05, 0.1) is 18.2 Å². The quantitative estimate of drug-likeness (QED) is 0.553. The highest BCUT2D eigenvalue weighted by molar-refractivity contribution is 6.04. The molecule has 0 aromatic carbocycles. The Balaban J connectivity index is 0.000000921. The average molecular weight is 209 g/mol. The van der Waals surface area contributed by atoms with Gasteiger partial charge in [0.2, 0.25) is 0 Å². The lowest BCUT2D eigenvalue weighted by molar-refractivity contribution is 0.0597. The van der Waals surface area contributed by atoms with Crippen LogP contribution < -0.4 is 0 Å². The summed E-state index contributed by atoms with van der Waals surface area (Å²) in [5, 5.41) is 0. The van der Waals surface area contributed by atoms with E-state index in [9.17, 15) is 9.59 Å². The molecule has 1 aromatic heterocycles. The second-order valence-corrected chi connectivity index (χ2v) is 2.47. The van der Waals surface area contributed by atoms with Gasteiger partial charge in [-0.15, -0.1) is 0 Å². The number of carbonyl (C=O) groups is 2. The fourth-order valence-electron chi connectivity index (χ4n) is 0.963. The number of pyridine rings is 1. The monoisotopic (exact) mass is 209 g/mol. The Morgan fingerprint density at radius 1 is 1.27 bits per heavy atom. The molecule has 0 spiro atoms. The SMILES string of the molecule is CC.COC(=O)c1ccncc1C(C)=O. The van der Waals surface area contributed by atoms with E-state index < -0.39 is 5.97 Å². The topological polar surface area (TPSA) is 56.3 Å². The van der Waals surface area contributed by atoms with Crippen molar-refractivity contribution in [3.05, 3.63) is 29.6 Å². The number of carbonyl (C=O) groups excluding carboxylic acids is 2. The first kappa shape index (κ1) is 13.3. The van der Waals surface area contributed by atoms with Gasteiger partial charge >= 0.3 is 5.97 Å². The Morgan fingerprint density at radius 3 is 2.33 bits per heavy atom. The Bertz CT molecular complexity index is 347. The van der Waals surface area contributed by atoms with Crippen LogP contribution in [0.4, 0.5) is 0 Å². The van der Waals surface area contributed by atoms with E-state index in [2.05, 4.69) is 9.72 Å². The molecule has 82 valence electrons. The van der Waals surface area contributed by atoms with E-state index in [4.69, 9.17) is 0 Å². The number of Topliss-reactive ketones (excluding diaryl/α,β-unsaturated/α-hetero) is 1. The summed E-state index contributed by atoms with van der Waals surface area (Å²) in [6.07, 6.45) is 2.80. The van der Waals surface area contributed by atoms with E-state index >= 15 is 0 Å². The number of methoxy groups -OCH3 is 1. The van der Waals surface area contributed by atoms with E-state index in [-0.39, 0.29) is 16.9 Å². The minimum atomic E-state index is -0.521. The van der Waals surface area contributed by atoms with Crippen molar-refractivity contribution in [2.75, 3.05) is 7.11 Å². The fraction of sp³-hybridized carbons (Fsp3) is 0.364. The van der Waals surface area contributed by atoms with Gasteiger partial charge in [-0.2, -0.15) is 0 Å². The summed E-state index contributed by atoms with van der Waals surface area (Å²) in [5.41, 5.74) is 0.541. The Hall–Kier alpha value is -1.71. The lowest BCUT2D eigenvalue weighted by Crippen LogP contribution is -2.08. The molecule has 0 saturated carbocycles. The zero-order valence-corrected chi connectivity index (χ0v) is 9.40. The lowest BCUT2D eigenvalue weighted by atomic mass is 10.1. The van der Waals surface area contributed by atoms with Crippen LogP contribution in [0.5, 0.6) is 0 Å². The number of esters is 1. The van der Waals surface area contributed by atoms with Crippen molar-refractivity contribution in [3.63, 3.8) is 0 Å². The number of aromatic nitrogens is 1. The number of nitrogens with zero attached hydrogens (tertiary/aromatic N) is 1. The van der Waals surface area contributed by atoms with Gasteiger partial charge in [0.15, 0.2) is 5.78 Å². The third-order valence-electron chi connectivity index (χ3n) is 1.61. The fourth-order valence-corrected chi connectivity index (χ4v) is 0.963. The maximum atomic E-state index is 11.1. The molecule has 0 aliphatic rings. The van der Waals surface area contributed by atoms with E-state index in [1.165, 1.54) is 32.5 Å². The van der Waals surface area contributed by atoms with Crippen molar-refractivity contribution >= 4 is 11.8 Å². The summed E-state index contributed by atoms with van der Waals surface area (Å²) in [6, 6.07) is 1.46. The first-order valence-corrected chi connectivity index (χ1v) is 4.70. The second kappa shape index (κ2) is 6.70. The highest BCUT2D eigenvalue weighted by Crippen LogP contribution is 2.08. The molecular weight excluding hydrogens is 194 g/mol. The summed E-state index contributed by atoms with van der Waals surface area (Å²) in [7, 11) is 1.27.